The highest BCUT2D eigenvalue weighted by Crippen LogP contribution is 2.28. The Hall–Kier alpha value is -5.20. The Morgan fingerprint density at radius 2 is 1.62 bits per heavy atom. The number of carbonyl (C=O) groups excluding carboxylic acids is 4. The van der Waals surface area contributed by atoms with Crippen LogP contribution >= 0.6 is 0 Å². The lowest BCUT2D eigenvalue weighted by molar-refractivity contribution is -0.138. The van der Waals surface area contributed by atoms with Gasteiger partial charge in [-0.1, -0.05) is 68.7 Å². The first-order valence-corrected chi connectivity index (χ1v) is 17.4. The van der Waals surface area contributed by atoms with Gasteiger partial charge >= 0.3 is 6.09 Å². The number of carbonyl (C=O) groups is 5. The summed E-state index contributed by atoms with van der Waals surface area (Å²) in [5.74, 6) is -1.18. The normalized spacial score (nSPS) is 17.8. The predicted octanol–water partition coefficient (Wildman–Crippen LogP) is 3.61. The Morgan fingerprint density at radius 3 is 2.26 bits per heavy atom. The molecule has 4 N–H and O–H groups in total. The van der Waals surface area contributed by atoms with Gasteiger partial charge in [0.05, 0.1) is 6.04 Å². The monoisotopic (exact) mass is 685 g/mol. The lowest BCUT2D eigenvalue weighted by Crippen LogP contribution is -2.60. The average Bonchev–Trinajstić information content (AvgIpc) is 3.57. The number of hydrogen-bond acceptors (Lipinski definition) is 6. The average molecular weight is 686 g/mol. The fraction of sp³-hybridized carbons (Fsp3) is 0.459. The van der Waals surface area contributed by atoms with E-state index in [1.807, 2.05) is 30.3 Å². The second kappa shape index (κ2) is 17.0. The zero-order chi connectivity index (χ0) is 35.6. The smallest absolute Gasteiger partial charge is 0.407 e. The van der Waals surface area contributed by atoms with Crippen molar-refractivity contribution < 1.29 is 29.1 Å². The van der Waals surface area contributed by atoms with Gasteiger partial charge in [-0.25, -0.2) is 4.79 Å². The van der Waals surface area contributed by atoms with Gasteiger partial charge in [0.15, 0.2) is 0 Å². The first-order chi connectivity index (χ1) is 24.1. The van der Waals surface area contributed by atoms with E-state index in [9.17, 15) is 29.1 Å². The zero-order valence-corrected chi connectivity index (χ0v) is 28.7. The van der Waals surface area contributed by atoms with E-state index in [0.29, 0.717) is 17.8 Å². The van der Waals surface area contributed by atoms with Crippen molar-refractivity contribution in [3.05, 3.63) is 83.7 Å². The molecule has 1 aliphatic heterocycles. The number of amides is 5. The van der Waals surface area contributed by atoms with Crippen molar-refractivity contribution in [1.82, 2.24) is 30.2 Å². The third kappa shape index (κ3) is 9.27. The Morgan fingerprint density at radius 1 is 0.900 bits per heavy atom. The molecule has 1 saturated heterocycles. The highest BCUT2D eigenvalue weighted by Gasteiger charge is 2.36. The predicted molar refractivity (Wildman–Crippen MR) is 187 cm³/mol. The number of anilines is 1. The van der Waals surface area contributed by atoms with Gasteiger partial charge in [-0.2, -0.15) is 5.10 Å². The number of nitrogens with one attached hydrogen (secondary N) is 3. The van der Waals surface area contributed by atoms with Crippen LogP contribution in [0.2, 0.25) is 0 Å². The number of piperazine rings is 1. The summed E-state index contributed by atoms with van der Waals surface area (Å²) in [6.07, 6.45) is 6.21. The van der Waals surface area contributed by atoms with Crippen LogP contribution in [-0.2, 0) is 34.3 Å². The number of rotatable bonds is 12. The molecular weight excluding hydrogens is 638 g/mol. The van der Waals surface area contributed by atoms with Gasteiger partial charge < -0.3 is 30.9 Å². The summed E-state index contributed by atoms with van der Waals surface area (Å²) >= 11 is 0. The van der Waals surface area contributed by atoms with E-state index in [4.69, 9.17) is 0 Å². The van der Waals surface area contributed by atoms with Crippen LogP contribution in [0.3, 0.4) is 0 Å². The maximum atomic E-state index is 13.9. The molecule has 2 unspecified atom stereocenters. The highest BCUT2D eigenvalue weighted by atomic mass is 16.4. The highest BCUT2D eigenvalue weighted by molar-refractivity contribution is 6.00. The lowest BCUT2D eigenvalue weighted by atomic mass is 9.83. The first kappa shape index (κ1) is 36.1. The molecular formula is C37H47N7O6. The maximum Gasteiger partial charge on any atom is 0.407 e. The van der Waals surface area contributed by atoms with Gasteiger partial charge in [-0.3, -0.25) is 23.9 Å². The van der Waals surface area contributed by atoms with Crippen LogP contribution in [0.15, 0.2) is 66.9 Å². The van der Waals surface area contributed by atoms with Gasteiger partial charge in [0, 0.05) is 51.4 Å². The minimum absolute atomic E-state index is 0.0128. The van der Waals surface area contributed by atoms with Crippen LogP contribution in [0.5, 0.6) is 0 Å². The minimum atomic E-state index is -1.03. The molecule has 2 aromatic carbocycles. The summed E-state index contributed by atoms with van der Waals surface area (Å²) < 4.78 is 1.48. The summed E-state index contributed by atoms with van der Waals surface area (Å²) in [6.45, 7) is 2.32. The third-order valence-corrected chi connectivity index (χ3v) is 9.71. The summed E-state index contributed by atoms with van der Waals surface area (Å²) in [6, 6.07) is 16.3. The molecule has 1 saturated carbocycles. The van der Waals surface area contributed by atoms with Crippen molar-refractivity contribution >= 4 is 35.4 Å². The molecule has 1 aliphatic carbocycles. The van der Waals surface area contributed by atoms with Crippen LogP contribution in [-0.4, -0.2) is 92.2 Å². The van der Waals surface area contributed by atoms with Gasteiger partial charge in [0.1, 0.15) is 17.8 Å². The topological polar surface area (TPSA) is 166 Å². The Bertz CT molecular complexity index is 1640. The quantitative estimate of drug-likeness (QED) is 0.226. The zero-order valence-electron chi connectivity index (χ0n) is 28.7. The van der Waals surface area contributed by atoms with Crippen molar-refractivity contribution in [3.63, 3.8) is 0 Å². The fourth-order valence-corrected chi connectivity index (χ4v) is 6.94. The summed E-state index contributed by atoms with van der Waals surface area (Å²) in [5, 5.41) is 22.7. The summed E-state index contributed by atoms with van der Waals surface area (Å²) in [4.78, 5) is 68.2. The fourth-order valence-electron chi connectivity index (χ4n) is 6.94. The van der Waals surface area contributed by atoms with Crippen LogP contribution < -0.4 is 16.0 Å². The van der Waals surface area contributed by atoms with Crippen molar-refractivity contribution in [2.75, 3.05) is 25.0 Å². The molecule has 5 amide bonds. The Labute approximate surface area is 292 Å². The van der Waals surface area contributed by atoms with Crippen molar-refractivity contribution in [1.29, 1.82) is 0 Å². The standard InChI is InChI=1S/C37H47N7O6/c1-3-32(45)40-30(36(48)43-20-21-44(37(49)50)29(24-43)22-25-10-6-4-7-11-25)23-26-14-16-28(17-15-26)39-35(47)33(27-12-8-5-9-13-27)41-34(46)31-18-19-38-42(31)2/h4,6-7,10-11,14-19,27,29-30,33H,3,5,8-9,12-13,20-24H2,1-2H3,(H,39,47)(H,40,45)(H,41,46)(H,49,50)/t29-,30?,33?/m0/s1. The van der Waals surface area contributed by atoms with E-state index >= 15 is 0 Å². The second-order valence-corrected chi connectivity index (χ2v) is 13.2. The van der Waals surface area contributed by atoms with Crippen LogP contribution in [0.1, 0.15) is 67.1 Å². The number of aromatic nitrogens is 2. The second-order valence-electron chi connectivity index (χ2n) is 13.2. The molecule has 13 heteroatoms. The minimum Gasteiger partial charge on any atom is -0.465 e. The van der Waals surface area contributed by atoms with E-state index < -0.39 is 24.2 Å². The molecule has 50 heavy (non-hydrogen) atoms. The maximum absolute atomic E-state index is 13.9. The van der Waals surface area contributed by atoms with Gasteiger partial charge in [-0.05, 0) is 54.5 Å². The Balaban J connectivity index is 1.26. The van der Waals surface area contributed by atoms with E-state index in [0.717, 1.165) is 43.2 Å². The van der Waals surface area contributed by atoms with Gasteiger partial charge in [0.25, 0.3) is 5.91 Å². The number of aryl methyl sites for hydroxylation is 1. The molecule has 1 aromatic heterocycles. The van der Waals surface area contributed by atoms with Crippen LogP contribution in [0.25, 0.3) is 0 Å². The molecule has 13 nitrogen and oxygen atoms in total. The molecule has 2 fully saturated rings. The third-order valence-electron chi connectivity index (χ3n) is 9.71. The molecule has 5 rings (SSSR count). The van der Waals surface area contributed by atoms with Gasteiger partial charge in [-0.15, -0.1) is 0 Å². The molecule has 0 radical (unpaired) electrons. The summed E-state index contributed by atoms with van der Waals surface area (Å²) in [5.41, 5.74) is 2.67. The van der Waals surface area contributed by atoms with Crippen molar-refractivity contribution in [2.24, 2.45) is 13.0 Å². The molecule has 3 aromatic rings. The SMILES string of the molecule is CCC(=O)NC(Cc1ccc(NC(=O)C(NC(=O)c2ccnn2C)C2CCCCC2)cc1)C(=O)N1CCN(C(=O)O)[C@@H](Cc2ccccc2)C1. The van der Waals surface area contributed by atoms with Crippen molar-refractivity contribution in [2.45, 2.75) is 76.4 Å². The number of carboxylic acid groups (broad SMARTS) is 1. The van der Waals surface area contributed by atoms with Crippen molar-refractivity contribution in [3.8, 4) is 0 Å². The van der Waals surface area contributed by atoms with Crippen LogP contribution in [0, 0.1) is 5.92 Å². The van der Waals surface area contributed by atoms with E-state index in [-0.39, 0.29) is 62.0 Å². The number of benzene rings is 2. The van der Waals surface area contributed by atoms with Gasteiger partial charge in [0.2, 0.25) is 17.7 Å². The molecule has 2 heterocycles. The first-order valence-electron chi connectivity index (χ1n) is 17.4. The molecule has 0 bridgehead atoms. The molecule has 2 aliphatic rings. The van der Waals surface area contributed by atoms with E-state index in [1.54, 1.807) is 55.4 Å². The van der Waals surface area contributed by atoms with Crippen LogP contribution in [0.4, 0.5) is 10.5 Å². The Kier molecular flexibility index (Phi) is 12.2. The molecule has 266 valence electrons. The number of hydrogen-bond donors (Lipinski definition) is 4. The summed E-state index contributed by atoms with van der Waals surface area (Å²) in [7, 11) is 1.68. The molecule has 0 spiro atoms. The lowest BCUT2D eigenvalue weighted by Gasteiger charge is -2.41. The largest absolute Gasteiger partial charge is 0.465 e. The molecule has 3 atom stereocenters. The van der Waals surface area contributed by atoms with E-state index in [1.165, 1.54) is 9.58 Å². The van der Waals surface area contributed by atoms with E-state index in [2.05, 4.69) is 21.0 Å². The number of nitrogens with zero attached hydrogens (tertiary/aromatic N) is 4.